The summed E-state index contributed by atoms with van der Waals surface area (Å²) in [7, 11) is -3.50. The maximum Gasteiger partial charge on any atom is 0.242 e. The molecule has 1 aliphatic carbocycles. The van der Waals surface area contributed by atoms with Crippen molar-refractivity contribution < 1.29 is 8.42 Å². The van der Waals surface area contributed by atoms with Crippen LogP contribution in [0.3, 0.4) is 0 Å². The monoisotopic (exact) mass is 319 g/mol. The fourth-order valence-electron chi connectivity index (χ4n) is 2.44. The Kier molecular flexibility index (Phi) is 6.39. The van der Waals surface area contributed by atoms with Crippen molar-refractivity contribution in [2.75, 3.05) is 6.54 Å². The molecule has 3 N–H and O–H groups in total. The topological polar surface area (TPSA) is 85.1 Å². The Morgan fingerprint density at radius 2 is 1.90 bits per heavy atom. The smallest absolute Gasteiger partial charge is 0.242 e. The Labute approximate surface area is 126 Å². The molecule has 0 radical (unpaired) electrons. The van der Waals surface area contributed by atoms with Gasteiger partial charge in [-0.25, -0.2) is 13.1 Å². The lowest BCUT2D eigenvalue weighted by Crippen LogP contribution is -2.49. The third-order valence-electron chi connectivity index (χ3n) is 3.66. The summed E-state index contributed by atoms with van der Waals surface area (Å²) in [6, 6.07) is 3.14. The van der Waals surface area contributed by atoms with Gasteiger partial charge in [0.05, 0.1) is 0 Å². The maximum atomic E-state index is 12.1. The van der Waals surface area contributed by atoms with Crippen LogP contribution in [0, 0.1) is 0 Å². The Morgan fingerprint density at radius 1 is 1.25 bits per heavy atom. The van der Waals surface area contributed by atoms with Crippen LogP contribution in [0.5, 0.6) is 0 Å². The minimum absolute atomic E-state index is 0. The molecular formula is C13H22ClN3O2S. The normalized spacial score (nSPS) is 18.9. The number of nitrogens with one attached hydrogen (secondary N) is 1. The maximum absolute atomic E-state index is 12.1. The van der Waals surface area contributed by atoms with Crippen molar-refractivity contribution in [1.29, 1.82) is 0 Å². The summed E-state index contributed by atoms with van der Waals surface area (Å²) in [6.45, 7) is 0.296. The van der Waals surface area contributed by atoms with Crippen molar-refractivity contribution in [3.05, 3.63) is 24.5 Å². The number of nitrogens with zero attached hydrogens (tertiary/aromatic N) is 1. The number of halogens is 1. The summed E-state index contributed by atoms with van der Waals surface area (Å²) in [5, 5.41) is 0. The lowest BCUT2D eigenvalue weighted by atomic mass is 9.92. The number of rotatable bonds is 4. The first-order valence-electron chi connectivity index (χ1n) is 6.70. The summed E-state index contributed by atoms with van der Waals surface area (Å²) in [5.41, 5.74) is 5.89. The van der Waals surface area contributed by atoms with Gasteiger partial charge in [0, 0.05) is 24.5 Å². The quantitative estimate of drug-likeness (QED) is 0.829. The average Bonchev–Trinajstić information content (AvgIpc) is 2.63. The van der Waals surface area contributed by atoms with Gasteiger partial charge in [-0.05, 0) is 25.0 Å². The molecule has 1 aliphatic rings. The number of pyridine rings is 1. The molecule has 5 nitrogen and oxygen atoms in total. The van der Waals surface area contributed by atoms with Crippen LogP contribution in [0.4, 0.5) is 0 Å². The lowest BCUT2D eigenvalue weighted by molar-refractivity contribution is 0.369. The molecule has 0 unspecified atom stereocenters. The minimum atomic E-state index is -3.50. The Balaban J connectivity index is 0.00000200. The molecule has 1 saturated carbocycles. The molecule has 1 fully saturated rings. The zero-order valence-corrected chi connectivity index (χ0v) is 13.0. The first-order valence-corrected chi connectivity index (χ1v) is 8.19. The van der Waals surface area contributed by atoms with Gasteiger partial charge in [0.2, 0.25) is 10.0 Å². The second kappa shape index (κ2) is 7.36. The van der Waals surface area contributed by atoms with Gasteiger partial charge in [-0.15, -0.1) is 12.4 Å². The van der Waals surface area contributed by atoms with Gasteiger partial charge >= 0.3 is 0 Å². The average molecular weight is 320 g/mol. The summed E-state index contributed by atoms with van der Waals surface area (Å²) in [4.78, 5) is 4.01. The zero-order chi connectivity index (χ0) is 13.8. The molecule has 1 heterocycles. The van der Waals surface area contributed by atoms with E-state index in [1.807, 2.05) is 0 Å². The van der Waals surface area contributed by atoms with Gasteiger partial charge in [0.15, 0.2) is 0 Å². The molecule has 0 atom stereocenters. The fraction of sp³-hybridized carbons (Fsp3) is 0.615. The van der Waals surface area contributed by atoms with E-state index in [9.17, 15) is 8.42 Å². The van der Waals surface area contributed by atoms with Gasteiger partial charge in [-0.3, -0.25) is 4.98 Å². The van der Waals surface area contributed by atoms with Crippen LogP contribution in [-0.4, -0.2) is 25.5 Å². The SMILES string of the molecule is Cl.NC1(CNS(=O)(=O)c2cccnc2)CCCCCC1. The highest BCUT2D eigenvalue weighted by molar-refractivity contribution is 7.89. The molecule has 2 rings (SSSR count). The standard InChI is InChI=1S/C13H21N3O2S.ClH/c14-13(7-3-1-2-4-8-13)11-16-19(17,18)12-6-5-9-15-10-12;/h5-6,9-10,16H,1-4,7-8,11,14H2;1H. The largest absolute Gasteiger partial charge is 0.324 e. The summed E-state index contributed by atoms with van der Waals surface area (Å²) in [5.74, 6) is 0. The van der Waals surface area contributed by atoms with Crippen LogP contribution < -0.4 is 10.5 Å². The summed E-state index contributed by atoms with van der Waals surface area (Å²) in [6.07, 6.45) is 9.18. The highest BCUT2D eigenvalue weighted by Gasteiger charge is 2.28. The third kappa shape index (κ3) is 4.70. The van der Waals surface area contributed by atoms with E-state index in [4.69, 9.17) is 5.73 Å². The highest BCUT2D eigenvalue weighted by atomic mass is 35.5. The van der Waals surface area contributed by atoms with Crippen LogP contribution in [0.1, 0.15) is 38.5 Å². The van der Waals surface area contributed by atoms with Gasteiger partial charge < -0.3 is 5.73 Å². The molecule has 0 aromatic carbocycles. The van der Waals surface area contributed by atoms with E-state index in [-0.39, 0.29) is 17.3 Å². The van der Waals surface area contributed by atoms with Crippen molar-refractivity contribution in [1.82, 2.24) is 9.71 Å². The lowest BCUT2D eigenvalue weighted by Gasteiger charge is -2.28. The van der Waals surface area contributed by atoms with Crippen molar-refractivity contribution in [2.45, 2.75) is 49.0 Å². The molecule has 0 spiro atoms. The van der Waals surface area contributed by atoms with E-state index in [1.165, 1.54) is 25.1 Å². The summed E-state index contributed by atoms with van der Waals surface area (Å²) >= 11 is 0. The Bertz CT molecular complexity index is 500. The molecule has 0 amide bonds. The van der Waals surface area contributed by atoms with Gasteiger partial charge in [-0.2, -0.15) is 0 Å². The number of sulfonamides is 1. The predicted molar refractivity (Wildman–Crippen MR) is 81.3 cm³/mol. The van der Waals surface area contributed by atoms with E-state index in [0.717, 1.165) is 25.7 Å². The van der Waals surface area contributed by atoms with E-state index in [2.05, 4.69) is 9.71 Å². The van der Waals surface area contributed by atoms with Crippen LogP contribution in [0.25, 0.3) is 0 Å². The zero-order valence-electron chi connectivity index (χ0n) is 11.4. The van der Waals surface area contributed by atoms with E-state index >= 15 is 0 Å². The number of nitrogens with two attached hydrogens (primary N) is 1. The number of aromatic nitrogens is 1. The fourth-order valence-corrected chi connectivity index (χ4v) is 3.54. The molecule has 0 aliphatic heterocycles. The Hall–Kier alpha value is -0.690. The highest BCUT2D eigenvalue weighted by Crippen LogP contribution is 2.24. The van der Waals surface area contributed by atoms with Crippen LogP contribution in [0.2, 0.25) is 0 Å². The second-order valence-electron chi connectivity index (χ2n) is 5.29. The van der Waals surface area contributed by atoms with Crippen LogP contribution in [-0.2, 0) is 10.0 Å². The number of hydrogen-bond acceptors (Lipinski definition) is 4. The number of hydrogen-bond donors (Lipinski definition) is 2. The molecule has 1 aromatic heterocycles. The molecule has 114 valence electrons. The van der Waals surface area contributed by atoms with E-state index in [0.29, 0.717) is 6.54 Å². The van der Waals surface area contributed by atoms with Crippen molar-refractivity contribution in [3.63, 3.8) is 0 Å². The first-order chi connectivity index (χ1) is 9.02. The van der Waals surface area contributed by atoms with Gasteiger partial charge in [0.1, 0.15) is 4.90 Å². The molecule has 0 saturated heterocycles. The van der Waals surface area contributed by atoms with Gasteiger partial charge in [-0.1, -0.05) is 25.7 Å². The van der Waals surface area contributed by atoms with Gasteiger partial charge in [0.25, 0.3) is 0 Å². The van der Waals surface area contributed by atoms with E-state index in [1.54, 1.807) is 12.3 Å². The van der Waals surface area contributed by atoms with E-state index < -0.39 is 15.6 Å². The van der Waals surface area contributed by atoms with Crippen molar-refractivity contribution in [2.24, 2.45) is 5.73 Å². The molecule has 7 heteroatoms. The van der Waals surface area contributed by atoms with Crippen LogP contribution >= 0.6 is 12.4 Å². The molecule has 1 aromatic rings. The molecule has 0 bridgehead atoms. The van der Waals surface area contributed by atoms with Crippen molar-refractivity contribution >= 4 is 22.4 Å². The molecule has 20 heavy (non-hydrogen) atoms. The second-order valence-corrected chi connectivity index (χ2v) is 7.06. The summed E-state index contributed by atoms with van der Waals surface area (Å²) < 4.78 is 26.8. The van der Waals surface area contributed by atoms with Crippen molar-refractivity contribution in [3.8, 4) is 0 Å². The van der Waals surface area contributed by atoms with Crippen LogP contribution in [0.15, 0.2) is 29.4 Å². The third-order valence-corrected chi connectivity index (χ3v) is 5.04. The Morgan fingerprint density at radius 3 is 2.45 bits per heavy atom. The molecular weight excluding hydrogens is 298 g/mol. The minimum Gasteiger partial charge on any atom is -0.324 e. The first kappa shape index (κ1) is 17.4. The predicted octanol–water partition coefficient (Wildman–Crippen LogP) is 1.83.